The molecule has 0 radical (unpaired) electrons. The highest BCUT2D eigenvalue weighted by Crippen LogP contribution is 2.35. The van der Waals surface area contributed by atoms with Gasteiger partial charge < -0.3 is 19.9 Å². The summed E-state index contributed by atoms with van der Waals surface area (Å²) >= 11 is 0. The smallest absolute Gasteiger partial charge is 0.335 e. The number of hydrogen-bond donors (Lipinski definition) is 3. The molecule has 0 spiro atoms. The summed E-state index contributed by atoms with van der Waals surface area (Å²) in [5, 5.41) is 20.2. The van der Waals surface area contributed by atoms with Gasteiger partial charge in [-0.1, -0.05) is 60.7 Å². The molecular formula is C31H32N4O5. The zero-order chi connectivity index (χ0) is 28.1. The van der Waals surface area contributed by atoms with Crippen molar-refractivity contribution in [2.75, 3.05) is 19.0 Å². The molecule has 9 nitrogen and oxygen atoms in total. The number of carboxylic acids is 1. The van der Waals surface area contributed by atoms with Crippen LogP contribution >= 0.6 is 0 Å². The number of benzene rings is 3. The average Bonchev–Trinajstić information content (AvgIpc) is 3.53. The number of ether oxygens (including phenoxy) is 2. The first-order valence-electron chi connectivity index (χ1n) is 13.2. The van der Waals surface area contributed by atoms with E-state index in [-0.39, 0.29) is 29.8 Å². The molecule has 0 bridgehead atoms. The third-order valence-electron chi connectivity index (χ3n) is 7.07. The maximum atomic E-state index is 13.5. The second-order valence-corrected chi connectivity index (χ2v) is 9.76. The molecule has 5 rings (SSSR count). The third kappa shape index (κ3) is 5.90. The van der Waals surface area contributed by atoms with Gasteiger partial charge >= 0.3 is 12.0 Å². The van der Waals surface area contributed by atoms with Crippen LogP contribution in [0.4, 0.5) is 10.6 Å². The average molecular weight is 541 g/mol. The molecule has 40 heavy (non-hydrogen) atoms. The van der Waals surface area contributed by atoms with E-state index < -0.39 is 5.97 Å². The Morgan fingerprint density at radius 2 is 1.70 bits per heavy atom. The maximum Gasteiger partial charge on any atom is 0.335 e. The van der Waals surface area contributed by atoms with Gasteiger partial charge in [0.2, 0.25) is 0 Å². The zero-order valence-corrected chi connectivity index (χ0v) is 22.4. The van der Waals surface area contributed by atoms with Crippen LogP contribution in [0.15, 0.2) is 84.9 Å². The van der Waals surface area contributed by atoms with E-state index in [4.69, 9.17) is 14.6 Å². The van der Waals surface area contributed by atoms with Crippen LogP contribution in [-0.4, -0.2) is 52.7 Å². The van der Waals surface area contributed by atoms with Crippen molar-refractivity contribution in [3.8, 4) is 16.9 Å². The Bertz CT molecular complexity index is 1450. The lowest BCUT2D eigenvalue weighted by Gasteiger charge is -2.21. The quantitative estimate of drug-likeness (QED) is 0.255. The van der Waals surface area contributed by atoms with Gasteiger partial charge in [0, 0.05) is 24.8 Å². The second kappa shape index (κ2) is 12.1. The van der Waals surface area contributed by atoms with Crippen molar-refractivity contribution in [2.24, 2.45) is 0 Å². The van der Waals surface area contributed by atoms with Crippen molar-refractivity contribution in [2.45, 2.75) is 38.0 Å². The largest absolute Gasteiger partial charge is 0.478 e. The fourth-order valence-corrected chi connectivity index (χ4v) is 5.04. The summed E-state index contributed by atoms with van der Waals surface area (Å²) in [5.74, 6) is -0.474. The van der Waals surface area contributed by atoms with Gasteiger partial charge in [-0.2, -0.15) is 5.10 Å². The number of carbonyl (C=O) groups is 2. The van der Waals surface area contributed by atoms with Crippen LogP contribution < -0.4 is 10.6 Å². The molecule has 1 aromatic heterocycles. The molecule has 0 saturated carbocycles. The van der Waals surface area contributed by atoms with E-state index in [1.807, 2.05) is 67.6 Å². The van der Waals surface area contributed by atoms with Crippen LogP contribution in [0, 0.1) is 6.92 Å². The summed E-state index contributed by atoms with van der Waals surface area (Å²) in [5.41, 5.74) is 4.11. The molecule has 3 atom stereocenters. The Morgan fingerprint density at radius 3 is 2.35 bits per heavy atom. The highest BCUT2D eigenvalue weighted by Gasteiger charge is 2.37. The van der Waals surface area contributed by atoms with E-state index in [2.05, 4.69) is 10.6 Å². The number of methoxy groups -OCH3 is 1. The van der Waals surface area contributed by atoms with Crippen molar-refractivity contribution in [1.29, 1.82) is 0 Å². The summed E-state index contributed by atoms with van der Waals surface area (Å²) < 4.78 is 13.3. The Labute approximate surface area is 232 Å². The number of aromatic nitrogens is 2. The predicted octanol–water partition coefficient (Wildman–Crippen LogP) is 5.60. The molecule has 2 unspecified atom stereocenters. The first-order chi connectivity index (χ1) is 19.4. The molecule has 4 aromatic rings. The topological polar surface area (TPSA) is 115 Å². The number of carbonyl (C=O) groups excluding carboxylic acids is 1. The fourth-order valence-electron chi connectivity index (χ4n) is 5.04. The molecule has 1 aliphatic rings. The zero-order valence-electron chi connectivity index (χ0n) is 22.4. The number of hydrogen-bond acceptors (Lipinski definition) is 5. The Balaban J connectivity index is 1.42. The lowest BCUT2D eigenvalue weighted by atomic mass is 10.0. The normalized spacial score (nSPS) is 18.4. The van der Waals surface area contributed by atoms with Crippen LogP contribution in [0.3, 0.4) is 0 Å². The van der Waals surface area contributed by atoms with Crippen molar-refractivity contribution < 1.29 is 24.2 Å². The summed E-state index contributed by atoms with van der Waals surface area (Å²) in [6.45, 7) is 2.46. The first kappa shape index (κ1) is 27.1. The van der Waals surface area contributed by atoms with Crippen LogP contribution in [0.5, 0.6) is 0 Å². The molecule has 3 aromatic carbocycles. The standard InChI is InChI=1S/C31H32N4O5/c1-20-27(21-13-15-23(16-14-21)30(36)37)34-35(24-11-7-4-8-12-24)29(20)33-31(38)32-26-19-25(17-18-39-2)40-28(26)22-9-5-3-6-10-22/h3-16,25-26,28H,17-19H2,1-2H3,(H,36,37)(H2,32,33,38)/t25?,26?,28-/m0/s1. The number of aromatic carboxylic acids is 1. The molecule has 1 fully saturated rings. The molecule has 3 N–H and O–H groups in total. The number of para-hydroxylation sites is 1. The summed E-state index contributed by atoms with van der Waals surface area (Å²) in [7, 11) is 1.67. The number of nitrogens with one attached hydrogen (secondary N) is 2. The molecule has 0 aliphatic carbocycles. The highest BCUT2D eigenvalue weighted by atomic mass is 16.5. The number of anilines is 1. The van der Waals surface area contributed by atoms with Gasteiger partial charge in [0.15, 0.2) is 0 Å². The number of rotatable bonds is 9. The van der Waals surface area contributed by atoms with Crippen LogP contribution in [-0.2, 0) is 9.47 Å². The minimum absolute atomic E-state index is 0.0348. The van der Waals surface area contributed by atoms with Crippen molar-refractivity contribution in [3.05, 3.63) is 102 Å². The minimum atomic E-state index is -0.994. The Morgan fingerprint density at radius 1 is 1.02 bits per heavy atom. The van der Waals surface area contributed by atoms with Crippen LogP contribution in [0.2, 0.25) is 0 Å². The Hall–Kier alpha value is -4.47. The van der Waals surface area contributed by atoms with Gasteiger partial charge in [-0.05, 0) is 49.6 Å². The summed E-state index contributed by atoms with van der Waals surface area (Å²) in [4.78, 5) is 24.8. The van der Waals surface area contributed by atoms with Gasteiger partial charge in [-0.25, -0.2) is 14.3 Å². The van der Waals surface area contributed by atoms with Gasteiger partial charge in [0.25, 0.3) is 0 Å². The number of carboxylic acid groups (broad SMARTS) is 1. The Kier molecular flexibility index (Phi) is 8.23. The van der Waals surface area contributed by atoms with E-state index in [1.54, 1.807) is 36.1 Å². The van der Waals surface area contributed by atoms with E-state index in [9.17, 15) is 14.7 Å². The molecule has 2 heterocycles. The van der Waals surface area contributed by atoms with Crippen molar-refractivity contribution in [1.82, 2.24) is 15.1 Å². The monoisotopic (exact) mass is 540 g/mol. The van der Waals surface area contributed by atoms with E-state index in [0.29, 0.717) is 24.5 Å². The maximum absolute atomic E-state index is 13.5. The SMILES string of the molecule is COCCC1CC(NC(=O)Nc2c(C)c(-c3ccc(C(=O)O)cc3)nn2-c2ccccc2)[C@H](c2ccccc2)O1. The molecular weight excluding hydrogens is 508 g/mol. The summed E-state index contributed by atoms with van der Waals surface area (Å²) in [6, 6.07) is 25.3. The van der Waals surface area contributed by atoms with E-state index in [1.165, 1.54) is 0 Å². The van der Waals surface area contributed by atoms with Gasteiger partial charge in [-0.15, -0.1) is 0 Å². The lowest BCUT2D eigenvalue weighted by molar-refractivity contribution is 0.0212. The fraction of sp³-hybridized carbons (Fsp3) is 0.258. The van der Waals surface area contributed by atoms with Gasteiger partial charge in [0.1, 0.15) is 11.9 Å². The third-order valence-corrected chi connectivity index (χ3v) is 7.07. The molecule has 9 heteroatoms. The molecule has 2 amide bonds. The second-order valence-electron chi connectivity index (χ2n) is 9.76. The van der Waals surface area contributed by atoms with E-state index in [0.717, 1.165) is 28.8 Å². The van der Waals surface area contributed by atoms with Crippen LogP contribution in [0.1, 0.15) is 40.4 Å². The van der Waals surface area contributed by atoms with Gasteiger partial charge in [-0.3, -0.25) is 5.32 Å². The number of amides is 2. The van der Waals surface area contributed by atoms with E-state index >= 15 is 0 Å². The molecule has 206 valence electrons. The van der Waals surface area contributed by atoms with Crippen molar-refractivity contribution >= 4 is 17.8 Å². The van der Waals surface area contributed by atoms with Crippen LogP contribution in [0.25, 0.3) is 16.9 Å². The first-order valence-corrected chi connectivity index (χ1v) is 13.2. The highest BCUT2D eigenvalue weighted by molar-refractivity contribution is 5.91. The molecule has 1 saturated heterocycles. The predicted molar refractivity (Wildman–Crippen MR) is 152 cm³/mol. The molecule has 1 aliphatic heterocycles. The number of nitrogens with zero attached hydrogens (tertiary/aromatic N) is 2. The minimum Gasteiger partial charge on any atom is -0.478 e. The lowest BCUT2D eigenvalue weighted by Crippen LogP contribution is -2.40. The van der Waals surface area contributed by atoms with Crippen molar-refractivity contribution in [3.63, 3.8) is 0 Å². The number of urea groups is 1. The van der Waals surface area contributed by atoms with Gasteiger partial charge in [0.05, 0.1) is 29.1 Å². The summed E-state index contributed by atoms with van der Waals surface area (Å²) in [6.07, 6.45) is 1.09.